The van der Waals surface area contributed by atoms with E-state index in [2.05, 4.69) is 9.05 Å². The van der Waals surface area contributed by atoms with Gasteiger partial charge in [0.15, 0.2) is 0 Å². The molecular weight excluding hydrogens is 402 g/mol. The van der Waals surface area contributed by atoms with Crippen LogP contribution in [0.1, 0.15) is 0 Å². The number of hydrogen-bond donors (Lipinski definition) is 0. The minimum absolute atomic E-state index is 0. The second-order valence-electron chi connectivity index (χ2n) is 3.58. The van der Waals surface area contributed by atoms with E-state index < -0.39 is 44.7 Å². The number of phosphoric ester groups is 1. The molecule has 0 aliphatic carbocycles. The van der Waals surface area contributed by atoms with Crippen molar-refractivity contribution >= 4 is 7.82 Å². The van der Waals surface area contributed by atoms with Crippen molar-refractivity contribution in [2.45, 2.75) is 36.9 Å². The van der Waals surface area contributed by atoms with Gasteiger partial charge in [0.05, 0.1) is 0 Å². The van der Waals surface area contributed by atoms with Gasteiger partial charge in [-0.25, -0.2) is 0 Å². The van der Waals surface area contributed by atoms with Crippen molar-refractivity contribution in [3.05, 3.63) is 0 Å². The normalized spacial score (nSPS) is 15.0. The molecule has 0 saturated heterocycles. The minimum Gasteiger partial charge on any atom is -0.756 e. The average Bonchev–Trinajstić information content (AvgIpc) is 2.16. The molecule has 0 N–H and O–H groups in total. The van der Waals surface area contributed by atoms with Gasteiger partial charge in [0.2, 0.25) is 0 Å². The van der Waals surface area contributed by atoms with Gasteiger partial charge in [0, 0.05) is 0 Å². The molecule has 0 aromatic rings. The van der Waals surface area contributed by atoms with Crippen molar-refractivity contribution in [1.82, 2.24) is 0 Å². The smallest absolute Gasteiger partial charge is 0.756 e. The van der Waals surface area contributed by atoms with Crippen molar-refractivity contribution < 1.29 is 90.1 Å². The van der Waals surface area contributed by atoms with E-state index in [1.54, 1.807) is 0 Å². The van der Waals surface area contributed by atoms with Gasteiger partial charge in [-0.05, 0) is 0 Å². The molecule has 0 radical (unpaired) electrons. The first-order valence-electron chi connectivity index (χ1n) is 4.62. The minimum atomic E-state index is -7.32. The largest absolute Gasteiger partial charge is 1.00 e. The summed E-state index contributed by atoms with van der Waals surface area (Å²) in [4.78, 5) is 10.6. The molecule has 0 rings (SSSR count). The maximum absolute atomic E-state index is 11.9. The maximum Gasteiger partial charge on any atom is 1.00 e. The molecule has 0 aromatic carbocycles. The first-order chi connectivity index (χ1) is 9.68. The molecule has 0 aliphatic heterocycles. The standard InChI is InChI=1S/C6H3F12O4P.Li/c7-3(8,9)1(4(10,11)12)21-23(19,20)22-2(5(13,14)15)6(16,17)18;/h1-2H,(H,19,20);/q;+1/p-1. The Morgan fingerprint density at radius 2 is 0.792 bits per heavy atom. The maximum atomic E-state index is 11.9. The van der Waals surface area contributed by atoms with Crippen LogP contribution >= 0.6 is 7.82 Å². The molecule has 4 nitrogen and oxygen atoms in total. The number of phosphoric acid groups is 1. The van der Waals surface area contributed by atoms with Crippen LogP contribution in [-0.2, 0) is 13.6 Å². The Morgan fingerprint density at radius 3 is 0.917 bits per heavy atom. The summed E-state index contributed by atoms with van der Waals surface area (Å²) < 4.78 is 159. The number of rotatable bonds is 4. The molecule has 0 atom stereocenters. The van der Waals surface area contributed by atoms with Crippen molar-refractivity contribution in [1.29, 1.82) is 0 Å². The summed E-state index contributed by atoms with van der Waals surface area (Å²) in [6.45, 7) is 0. The van der Waals surface area contributed by atoms with E-state index >= 15 is 0 Å². The van der Waals surface area contributed by atoms with Crippen LogP contribution in [0.25, 0.3) is 0 Å². The van der Waals surface area contributed by atoms with Crippen molar-refractivity contribution in [2.75, 3.05) is 0 Å². The third-order valence-electron chi connectivity index (χ3n) is 1.66. The van der Waals surface area contributed by atoms with Gasteiger partial charge in [0.1, 0.15) is 0 Å². The second kappa shape index (κ2) is 7.63. The van der Waals surface area contributed by atoms with Crippen molar-refractivity contribution in [3.8, 4) is 0 Å². The molecule has 0 unspecified atom stereocenters. The van der Waals surface area contributed by atoms with Gasteiger partial charge in [-0.2, -0.15) is 52.7 Å². The van der Waals surface area contributed by atoms with E-state index in [1.807, 2.05) is 0 Å². The predicted molar refractivity (Wildman–Crippen MR) is 41.6 cm³/mol. The van der Waals surface area contributed by atoms with Gasteiger partial charge < -0.3 is 4.89 Å². The molecule has 0 aromatic heterocycles. The van der Waals surface area contributed by atoms with E-state index in [-0.39, 0.29) is 18.9 Å². The van der Waals surface area contributed by atoms with Crippen molar-refractivity contribution in [3.63, 3.8) is 0 Å². The van der Waals surface area contributed by atoms with Crippen LogP contribution in [0, 0.1) is 0 Å². The van der Waals surface area contributed by atoms with E-state index in [1.165, 1.54) is 0 Å². The molecule has 0 spiro atoms. The molecule has 0 aliphatic rings. The first kappa shape index (κ1) is 26.1. The second-order valence-corrected chi connectivity index (χ2v) is 4.90. The predicted octanol–water partition coefficient (Wildman–Crippen LogP) is 0.478. The van der Waals surface area contributed by atoms with Gasteiger partial charge in [-0.1, -0.05) is 0 Å². The number of halogens is 12. The molecule has 18 heteroatoms. The Morgan fingerprint density at radius 1 is 0.625 bits per heavy atom. The SMILES string of the molecule is O=P([O-])(OC(C(F)(F)F)C(F)(F)F)OC(C(F)(F)F)C(F)(F)F.[Li+]. The molecule has 24 heavy (non-hydrogen) atoms. The third-order valence-corrected chi connectivity index (χ3v) is 2.60. The summed E-state index contributed by atoms with van der Waals surface area (Å²) in [6, 6.07) is 0. The summed E-state index contributed by atoms with van der Waals surface area (Å²) in [5.74, 6) is 0. The molecule has 0 amide bonds. The molecule has 0 saturated carbocycles. The fraction of sp³-hybridized carbons (Fsp3) is 1.00. The van der Waals surface area contributed by atoms with Gasteiger partial charge in [-0.3, -0.25) is 13.6 Å². The summed E-state index contributed by atoms with van der Waals surface area (Å²) in [7, 11) is -7.32. The van der Waals surface area contributed by atoms with E-state index in [4.69, 9.17) is 0 Å². The molecule has 0 bridgehead atoms. The average molecular weight is 404 g/mol. The van der Waals surface area contributed by atoms with Gasteiger partial charge in [-0.15, -0.1) is 0 Å². The monoisotopic (exact) mass is 404 g/mol. The Bertz CT molecular complexity index is 386. The summed E-state index contributed by atoms with van der Waals surface area (Å²) in [6.07, 6.45) is -36.4. The van der Waals surface area contributed by atoms with E-state index in [9.17, 15) is 62.1 Å². The quantitative estimate of drug-likeness (QED) is 0.389. The number of alkyl halides is 12. The van der Waals surface area contributed by atoms with Crippen LogP contribution in [-0.4, -0.2) is 36.9 Å². The van der Waals surface area contributed by atoms with E-state index in [0.29, 0.717) is 0 Å². The zero-order valence-corrected chi connectivity index (χ0v) is 11.7. The summed E-state index contributed by atoms with van der Waals surface area (Å²) in [5, 5.41) is 0. The van der Waals surface area contributed by atoms with Crippen molar-refractivity contribution in [2.24, 2.45) is 0 Å². The van der Waals surface area contributed by atoms with Crippen LogP contribution < -0.4 is 23.8 Å². The Labute approximate surface area is 135 Å². The zero-order valence-electron chi connectivity index (χ0n) is 10.8. The summed E-state index contributed by atoms with van der Waals surface area (Å²) in [5.41, 5.74) is 0. The third kappa shape index (κ3) is 8.30. The fourth-order valence-electron chi connectivity index (χ4n) is 0.893. The van der Waals surface area contributed by atoms with Crippen LogP contribution in [0.3, 0.4) is 0 Å². The molecule has 140 valence electrons. The van der Waals surface area contributed by atoms with Gasteiger partial charge in [0.25, 0.3) is 20.0 Å². The van der Waals surface area contributed by atoms with Crippen LogP contribution in [0.2, 0.25) is 0 Å². The Balaban J connectivity index is 0. The molecule has 0 heterocycles. The fourth-order valence-corrected chi connectivity index (χ4v) is 1.94. The van der Waals surface area contributed by atoms with Crippen LogP contribution in [0.5, 0.6) is 0 Å². The summed E-state index contributed by atoms with van der Waals surface area (Å²) >= 11 is 0. The van der Waals surface area contributed by atoms with Crippen LogP contribution in [0.15, 0.2) is 0 Å². The van der Waals surface area contributed by atoms with Gasteiger partial charge >= 0.3 is 43.6 Å². The number of hydrogen-bond acceptors (Lipinski definition) is 4. The first-order valence-corrected chi connectivity index (χ1v) is 6.08. The topological polar surface area (TPSA) is 58.6 Å². The molecular formula is C6H2F12LiO4P. The van der Waals surface area contributed by atoms with Crippen LogP contribution in [0.4, 0.5) is 52.7 Å². The zero-order chi connectivity index (χ0) is 19.1. The Hall–Kier alpha value is -0.133. The Kier molecular flexibility index (Phi) is 8.29. The van der Waals surface area contributed by atoms with E-state index in [0.717, 1.165) is 0 Å². The molecule has 0 fully saturated rings.